The van der Waals surface area contributed by atoms with Crippen molar-refractivity contribution in [1.29, 1.82) is 0 Å². The van der Waals surface area contributed by atoms with Gasteiger partial charge in [-0.15, -0.1) is 5.06 Å². The van der Waals surface area contributed by atoms with Crippen molar-refractivity contribution < 1.29 is 57.7 Å². The normalized spacial score (nSPS) is 19.2. The molecule has 0 radical (unpaired) electrons. The van der Waals surface area contributed by atoms with E-state index in [1.807, 2.05) is 0 Å². The largest absolute Gasteiger partial charge is 0.491 e. The van der Waals surface area contributed by atoms with E-state index in [9.17, 15) is 38.8 Å². The van der Waals surface area contributed by atoms with Crippen LogP contribution in [0.15, 0.2) is 36.4 Å². The molecule has 18 heteroatoms. The number of ether oxygens (including phenoxy) is 1. The van der Waals surface area contributed by atoms with Crippen molar-refractivity contribution in [2.45, 2.75) is 69.9 Å². The van der Waals surface area contributed by atoms with E-state index in [0.29, 0.717) is 21.6 Å². The molecule has 4 aliphatic heterocycles. The van der Waals surface area contributed by atoms with Gasteiger partial charge in [0, 0.05) is 37.2 Å². The molecule has 0 unspecified atom stereocenters. The maximum Gasteiger partial charge on any atom is 0.491 e. The first-order valence-electron chi connectivity index (χ1n) is 15.9. The van der Waals surface area contributed by atoms with Crippen molar-refractivity contribution >= 4 is 60.7 Å². The monoisotopic (exact) mass is 676 g/mol. The van der Waals surface area contributed by atoms with Crippen LogP contribution >= 0.6 is 0 Å². The molecule has 49 heavy (non-hydrogen) atoms. The van der Waals surface area contributed by atoms with Crippen molar-refractivity contribution in [3.8, 4) is 0 Å². The topological polar surface area (TPSA) is 219 Å². The molecule has 0 bridgehead atoms. The van der Waals surface area contributed by atoms with Gasteiger partial charge in [0.05, 0.1) is 31.2 Å². The number of benzene rings is 2. The van der Waals surface area contributed by atoms with Crippen molar-refractivity contribution in [3.05, 3.63) is 58.7 Å². The molecule has 0 saturated carbocycles. The Labute approximate surface area is 281 Å². The van der Waals surface area contributed by atoms with Crippen LogP contribution in [0.1, 0.15) is 70.9 Å². The molecule has 0 aromatic heterocycles. The summed E-state index contributed by atoms with van der Waals surface area (Å²) in [5.41, 5.74) is 1.35. The number of amides is 5. The smallest absolute Gasteiger partial charge is 0.423 e. The maximum atomic E-state index is 14.1. The fourth-order valence-electron chi connectivity index (χ4n) is 6.24. The number of hydrogen-bond donors (Lipinski definition) is 5. The number of carbonyl (C=O) groups excluding carboxylic acids is 6. The molecule has 4 aliphatic rings. The first kappa shape index (κ1) is 34.3. The van der Waals surface area contributed by atoms with Gasteiger partial charge >= 0.3 is 20.2 Å². The number of carbonyl (C=O) groups is 6. The average molecular weight is 676 g/mol. The van der Waals surface area contributed by atoms with Gasteiger partial charge in [0.2, 0.25) is 5.91 Å². The third-order valence-electron chi connectivity index (χ3n) is 9.09. The van der Waals surface area contributed by atoms with Crippen molar-refractivity contribution in [2.75, 3.05) is 13.2 Å². The lowest BCUT2D eigenvalue weighted by Gasteiger charge is -2.39. The highest BCUT2D eigenvalue weighted by atomic mass is 16.7. The Hall–Kier alpha value is -4.61. The minimum absolute atomic E-state index is 0.0805. The summed E-state index contributed by atoms with van der Waals surface area (Å²) in [6, 6.07) is 6.86. The molecule has 2 saturated heterocycles. The molecule has 6 rings (SSSR count). The lowest BCUT2D eigenvalue weighted by atomic mass is 9.78. The zero-order valence-electron chi connectivity index (χ0n) is 26.6. The first-order chi connectivity index (χ1) is 23.4. The van der Waals surface area contributed by atoms with E-state index in [4.69, 9.17) is 18.9 Å². The molecular formula is C31H34B2N4O12. The molecule has 2 aromatic rings. The Bertz CT molecular complexity index is 1680. The van der Waals surface area contributed by atoms with Crippen molar-refractivity contribution in [2.24, 2.45) is 0 Å². The molecule has 16 nitrogen and oxygen atoms in total. The summed E-state index contributed by atoms with van der Waals surface area (Å²) < 4.78 is 15.9. The van der Waals surface area contributed by atoms with Gasteiger partial charge in [-0.2, -0.15) is 0 Å². The second-order valence-corrected chi connectivity index (χ2v) is 12.5. The molecule has 256 valence electrons. The van der Waals surface area contributed by atoms with Crippen molar-refractivity contribution in [1.82, 2.24) is 21.0 Å². The van der Waals surface area contributed by atoms with Crippen LogP contribution in [0, 0.1) is 0 Å². The van der Waals surface area contributed by atoms with Crippen LogP contribution in [0.2, 0.25) is 0 Å². The van der Waals surface area contributed by atoms with Crippen LogP contribution in [0.25, 0.3) is 0 Å². The van der Waals surface area contributed by atoms with E-state index in [-0.39, 0.29) is 63.2 Å². The molecule has 2 aromatic carbocycles. The number of hydrogen-bond acceptors (Lipinski definition) is 12. The lowest BCUT2D eigenvalue weighted by Crippen LogP contribution is -2.63. The third-order valence-corrected chi connectivity index (χ3v) is 9.09. The molecule has 5 amide bonds. The van der Waals surface area contributed by atoms with Crippen molar-refractivity contribution in [3.63, 3.8) is 0 Å². The molecule has 0 spiro atoms. The van der Waals surface area contributed by atoms with E-state index < -0.39 is 73.8 Å². The first-order valence-corrected chi connectivity index (χ1v) is 15.9. The Morgan fingerprint density at radius 2 is 1.41 bits per heavy atom. The summed E-state index contributed by atoms with van der Waals surface area (Å²) in [5.74, 6) is -4.24. The minimum Gasteiger partial charge on any atom is -0.423 e. The molecule has 2 atom stereocenters. The predicted octanol–water partition coefficient (Wildman–Crippen LogP) is -2.30. The summed E-state index contributed by atoms with van der Waals surface area (Å²) in [4.78, 5) is 83.2. The summed E-state index contributed by atoms with van der Waals surface area (Å²) in [5, 5.41) is 29.0. The van der Waals surface area contributed by atoms with Gasteiger partial charge in [0.25, 0.3) is 23.6 Å². The number of imide groups is 1. The molecule has 5 N–H and O–H groups in total. The Kier molecular flexibility index (Phi) is 9.85. The highest BCUT2D eigenvalue weighted by Gasteiger charge is 2.42. The average Bonchev–Trinajstić information content (AvgIpc) is 3.75. The van der Waals surface area contributed by atoms with E-state index in [1.165, 1.54) is 25.1 Å². The van der Waals surface area contributed by atoms with E-state index >= 15 is 0 Å². The Morgan fingerprint density at radius 3 is 1.96 bits per heavy atom. The van der Waals surface area contributed by atoms with Crippen LogP contribution in [-0.2, 0) is 51.3 Å². The molecular weight excluding hydrogens is 642 g/mol. The second-order valence-electron chi connectivity index (χ2n) is 12.5. The standard InChI is InChI=1S/C31H34B2N4O12/c1-17(34-28(41)18-2-4-20-15-47-32(44)22(20)12-18)27(35-29(42)19-3-5-21-16-48-33(45)23(21)13-19)30(43)36-31(8-10-46-11-9-31)14-26(40)49-37-24(38)6-7-25(37)39/h2-5,12-13,17,27,44-45H,6-11,14-16H2,1H3,(H,34,41)(H,35,42)(H,36,43)/t17-,27-/m0/s1. The molecule has 4 heterocycles. The van der Waals surface area contributed by atoms with Crippen LogP contribution in [0.5, 0.6) is 0 Å². The van der Waals surface area contributed by atoms with Gasteiger partial charge in [-0.3, -0.25) is 24.0 Å². The summed E-state index contributed by atoms with van der Waals surface area (Å²) in [7, 11) is -2.39. The van der Waals surface area contributed by atoms with E-state index in [2.05, 4.69) is 16.0 Å². The van der Waals surface area contributed by atoms with E-state index in [1.54, 1.807) is 18.2 Å². The zero-order valence-corrected chi connectivity index (χ0v) is 26.6. The number of nitrogens with one attached hydrogen (secondary N) is 3. The van der Waals surface area contributed by atoms with Crippen LogP contribution in [-0.4, -0.2) is 95.7 Å². The zero-order chi connectivity index (χ0) is 34.9. The van der Waals surface area contributed by atoms with E-state index in [0.717, 1.165) is 5.56 Å². The number of nitrogens with zero attached hydrogens (tertiary/aromatic N) is 1. The molecule has 0 aliphatic carbocycles. The highest BCUT2D eigenvalue weighted by molar-refractivity contribution is 6.62. The lowest BCUT2D eigenvalue weighted by molar-refractivity contribution is -0.199. The van der Waals surface area contributed by atoms with Gasteiger partial charge in [0.15, 0.2) is 0 Å². The number of hydroxylamine groups is 2. The van der Waals surface area contributed by atoms with Gasteiger partial charge < -0.3 is 44.9 Å². The van der Waals surface area contributed by atoms with Gasteiger partial charge in [-0.05, 0) is 66.1 Å². The maximum absolute atomic E-state index is 14.1. The summed E-state index contributed by atoms with van der Waals surface area (Å²) >= 11 is 0. The quantitative estimate of drug-likeness (QED) is 0.133. The van der Waals surface area contributed by atoms with Crippen LogP contribution < -0.4 is 26.9 Å². The number of fused-ring (bicyclic) bond motifs is 2. The SMILES string of the molecule is C[C@H](NC(=O)c1ccc2c(c1)B(O)OC2)[C@H](NC(=O)c1ccc2c(c1)B(O)OC2)C(=O)NC1(CC(=O)ON2C(=O)CCC2=O)CCOCC1. The van der Waals surface area contributed by atoms with Crippen LogP contribution in [0.3, 0.4) is 0 Å². The third kappa shape index (κ3) is 7.38. The Balaban J connectivity index is 1.23. The predicted molar refractivity (Wildman–Crippen MR) is 169 cm³/mol. The summed E-state index contributed by atoms with van der Waals surface area (Å²) in [6.45, 7) is 2.23. The second kappa shape index (κ2) is 14.1. The number of rotatable bonds is 10. The fourth-order valence-corrected chi connectivity index (χ4v) is 6.24. The Morgan fingerprint density at radius 1 is 0.878 bits per heavy atom. The fraction of sp³-hybridized carbons (Fsp3) is 0.419. The summed E-state index contributed by atoms with van der Waals surface area (Å²) in [6.07, 6.45) is -0.243. The molecule has 2 fully saturated rings. The highest BCUT2D eigenvalue weighted by Crippen LogP contribution is 2.27. The minimum atomic E-state index is -1.40. The van der Waals surface area contributed by atoms with Gasteiger partial charge in [-0.25, -0.2) is 4.79 Å². The van der Waals surface area contributed by atoms with Gasteiger partial charge in [0.1, 0.15) is 6.04 Å². The van der Waals surface area contributed by atoms with Gasteiger partial charge in [-0.1, -0.05) is 12.1 Å². The van der Waals surface area contributed by atoms with Crippen LogP contribution in [0.4, 0.5) is 0 Å².